The fourth-order valence-corrected chi connectivity index (χ4v) is 3.06. The molecule has 1 amide bonds. The van der Waals surface area contributed by atoms with Crippen molar-refractivity contribution >= 4 is 28.5 Å². The molecule has 0 saturated heterocycles. The van der Waals surface area contributed by atoms with Gasteiger partial charge >= 0.3 is 5.97 Å². The van der Waals surface area contributed by atoms with E-state index in [-0.39, 0.29) is 11.3 Å². The summed E-state index contributed by atoms with van der Waals surface area (Å²) < 4.78 is 18.2. The lowest BCUT2D eigenvalue weighted by molar-refractivity contribution is -0.119. The van der Waals surface area contributed by atoms with Gasteiger partial charge in [-0.1, -0.05) is 18.2 Å². The van der Waals surface area contributed by atoms with E-state index in [4.69, 9.17) is 4.74 Å². The minimum absolute atomic E-state index is 0.122. The average Bonchev–Trinajstić information content (AvgIpc) is 2.79. The lowest BCUT2D eigenvalue weighted by Crippen LogP contribution is -2.21. The zero-order chi connectivity index (χ0) is 21.8. The van der Waals surface area contributed by atoms with Crippen molar-refractivity contribution in [1.82, 2.24) is 4.98 Å². The molecule has 0 aliphatic rings. The minimum atomic E-state index is -0.673. The number of ether oxygens (including phenoxy) is 1. The number of carbonyl (C=O) groups is 2. The van der Waals surface area contributed by atoms with Crippen molar-refractivity contribution in [3.05, 3.63) is 90.2 Å². The van der Waals surface area contributed by atoms with Gasteiger partial charge in [0, 0.05) is 16.6 Å². The number of fused-ring (bicyclic) bond motifs is 1. The van der Waals surface area contributed by atoms with Crippen molar-refractivity contribution < 1.29 is 23.8 Å². The Bertz CT molecular complexity index is 1260. The number of pyridine rings is 1. The highest BCUT2D eigenvalue weighted by atomic mass is 19.1. The number of para-hydroxylation sites is 1. The summed E-state index contributed by atoms with van der Waals surface area (Å²) in [6.45, 7) is -0.499. The van der Waals surface area contributed by atoms with Crippen LogP contribution in [-0.4, -0.2) is 28.6 Å². The third kappa shape index (κ3) is 4.67. The summed E-state index contributed by atoms with van der Waals surface area (Å²) in [6.07, 6.45) is 0. The van der Waals surface area contributed by atoms with Crippen LogP contribution in [0.15, 0.2) is 78.9 Å². The van der Waals surface area contributed by atoms with Crippen LogP contribution in [0.4, 0.5) is 10.1 Å². The van der Waals surface area contributed by atoms with Crippen molar-refractivity contribution in [1.29, 1.82) is 0 Å². The van der Waals surface area contributed by atoms with E-state index in [0.29, 0.717) is 27.8 Å². The Morgan fingerprint density at radius 1 is 0.968 bits per heavy atom. The molecule has 0 atom stereocenters. The van der Waals surface area contributed by atoms with Gasteiger partial charge in [-0.2, -0.15) is 0 Å². The van der Waals surface area contributed by atoms with Crippen LogP contribution in [0.3, 0.4) is 0 Å². The summed E-state index contributed by atoms with van der Waals surface area (Å²) in [5.41, 5.74) is 2.50. The van der Waals surface area contributed by atoms with Gasteiger partial charge in [-0.15, -0.1) is 0 Å². The first-order valence-electron chi connectivity index (χ1n) is 9.41. The maximum absolute atomic E-state index is 13.0. The van der Waals surface area contributed by atoms with Crippen LogP contribution in [0.2, 0.25) is 0 Å². The number of rotatable bonds is 5. The predicted octanol–water partition coefficient (Wildman–Crippen LogP) is 4.54. The highest BCUT2D eigenvalue weighted by Crippen LogP contribution is 2.26. The third-order valence-corrected chi connectivity index (χ3v) is 4.56. The number of aromatic nitrogens is 1. The Morgan fingerprint density at radius 2 is 1.68 bits per heavy atom. The quantitative estimate of drug-likeness (QED) is 0.466. The second-order valence-electron chi connectivity index (χ2n) is 6.75. The number of benzene rings is 3. The summed E-state index contributed by atoms with van der Waals surface area (Å²) in [4.78, 5) is 29.5. The standard InChI is InChI=1S/C24H17FN2O4/c25-16-7-9-17(10-8-16)26-23(29)14-31-24(30)20-13-22(15-5-11-18(28)12-6-15)27-21-4-2-1-3-19(20)21/h1-13,28H,14H2,(H,26,29). The summed E-state index contributed by atoms with van der Waals surface area (Å²) in [6, 6.07) is 20.4. The van der Waals surface area contributed by atoms with Crippen LogP contribution in [-0.2, 0) is 9.53 Å². The number of phenolic OH excluding ortho intramolecular Hbond substituents is 1. The average molecular weight is 416 g/mol. The van der Waals surface area contributed by atoms with E-state index in [2.05, 4.69) is 10.3 Å². The molecule has 0 bridgehead atoms. The van der Waals surface area contributed by atoms with Crippen molar-refractivity contribution in [3.8, 4) is 17.0 Å². The maximum Gasteiger partial charge on any atom is 0.339 e. The van der Waals surface area contributed by atoms with Gasteiger partial charge in [0.05, 0.1) is 16.8 Å². The van der Waals surface area contributed by atoms with Crippen molar-refractivity contribution in [2.75, 3.05) is 11.9 Å². The molecule has 7 heteroatoms. The molecule has 4 aromatic rings. The zero-order valence-electron chi connectivity index (χ0n) is 16.2. The van der Waals surface area contributed by atoms with Crippen molar-refractivity contribution in [3.63, 3.8) is 0 Å². The second-order valence-corrected chi connectivity index (χ2v) is 6.75. The maximum atomic E-state index is 13.0. The van der Waals surface area contributed by atoms with E-state index in [1.807, 2.05) is 0 Å². The number of phenols is 1. The van der Waals surface area contributed by atoms with Gasteiger partial charge in [0.2, 0.25) is 0 Å². The first-order chi connectivity index (χ1) is 15.0. The van der Waals surface area contributed by atoms with Gasteiger partial charge in [0.1, 0.15) is 11.6 Å². The molecule has 154 valence electrons. The number of anilines is 1. The topological polar surface area (TPSA) is 88.5 Å². The number of hydrogen-bond acceptors (Lipinski definition) is 5. The van der Waals surface area contributed by atoms with Gasteiger partial charge in [-0.25, -0.2) is 14.2 Å². The predicted molar refractivity (Wildman–Crippen MR) is 114 cm³/mol. The lowest BCUT2D eigenvalue weighted by atomic mass is 10.0. The van der Waals surface area contributed by atoms with E-state index < -0.39 is 24.3 Å². The number of nitrogens with one attached hydrogen (secondary N) is 1. The Hall–Kier alpha value is -4.26. The number of amides is 1. The highest BCUT2D eigenvalue weighted by molar-refractivity contribution is 6.05. The molecule has 1 heterocycles. The van der Waals surface area contributed by atoms with Crippen molar-refractivity contribution in [2.45, 2.75) is 0 Å². The van der Waals surface area contributed by atoms with E-state index >= 15 is 0 Å². The van der Waals surface area contributed by atoms with Crippen LogP contribution < -0.4 is 5.32 Å². The largest absolute Gasteiger partial charge is 0.508 e. The number of esters is 1. The van der Waals surface area contributed by atoms with E-state index in [0.717, 1.165) is 0 Å². The van der Waals surface area contributed by atoms with Crippen LogP contribution in [0, 0.1) is 5.82 Å². The van der Waals surface area contributed by atoms with E-state index in [1.54, 1.807) is 42.5 Å². The van der Waals surface area contributed by atoms with Crippen LogP contribution in [0.5, 0.6) is 5.75 Å². The molecule has 0 aliphatic carbocycles. The SMILES string of the molecule is O=C(COC(=O)c1cc(-c2ccc(O)cc2)nc2ccccc12)Nc1ccc(F)cc1. The molecule has 0 spiro atoms. The number of halogens is 1. The van der Waals surface area contributed by atoms with Crippen LogP contribution in [0.1, 0.15) is 10.4 Å². The molecule has 4 rings (SSSR count). The summed E-state index contributed by atoms with van der Waals surface area (Å²) >= 11 is 0. The molecule has 0 aliphatic heterocycles. The lowest BCUT2D eigenvalue weighted by Gasteiger charge is -2.10. The zero-order valence-corrected chi connectivity index (χ0v) is 16.2. The molecule has 6 nitrogen and oxygen atoms in total. The molecular weight excluding hydrogens is 399 g/mol. The molecule has 2 N–H and O–H groups in total. The highest BCUT2D eigenvalue weighted by Gasteiger charge is 2.16. The van der Waals surface area contributed by atoms with Gasteiger partial charge < -0.3 is 15.2 Å². The van der Waals surface area contributed by atoms with Crippen LogP contribution in [0.25, 0.3) is 22.2 Å². The van der Waals surface area contributed by atoms with E-state index in [9.17, 15) is 19.1 Å². The normalized spacial score (nSPS) is 10.6. The fraction of sp³-hybridized carbons (Fsp3) is 0.0417. The number of aromatic hydroxyl groups is 1. The molecule has 0 radical (unpaired) electrons. The molecule has 0 saturated carbocycles. The first kappa shape index (κ1) is 20.0. The molecular formula is C24H17FN2O4. The van der Waals surface area contributed by atoms with Crippen molar-refractivity contribution in [2.24, 2.45) is 0 Å². The Labute approximate surface area is 176 Å². The minimum Gasteiger partial charge on any atom is -0.508 e. The number of carbonyl (C=O) groups excluding carboxylic acids is 2. The van der Waals surface area contributed by atoms with Crippen LogP contribution >= 0.6 is 0 Å². The van der Waals surface area contributed by atoms with E-state index in [1.165, 1.54) is 36.4 Å². The molecule has 0 unspecified atom stereocenters. The van der Waals surface area contributed by atoms with Gasteiger partial charge in [0.25, 0.3) is 5.91 Å². The Kier molecular flexibility index (Phi) is 5.57. The molecule has 1 aromatic heterocycles. The molecule has 3 aromatic carbocycles. The summed E-state index contributed by atoms with van der Waals surface area (Å²) in [5.74, 6) is -1.51. The number of nitrogens with zero attached hydrogens (tertiary/aromatic N) is 1. The Balaban J connectivity index is 1.55. The fourth-order valence-electron chi connectivity index (χ4n) is 3.06. The second kappa shape index (κ2) is 8.62. The first-order valence-corrected chi connectivity index (χ1v) is 9.41. The monoisotopic (exact) mass is 416 g/mol. The number of hydrogen-bond donors (Lipinski definition) is 2. The third-order valence-electron chi connectivity index (χ3n) is 4.56. The van der Waals surface area contributed by atoms with Gasteiger partial charge in [-0.3, -0.25) is 4.79 Å². The smallest absolute Gasteiger partial charge is 0.339 e. The molecule has 31 heavy (non-hydrogen) atoms. The summed E-state index contributed by atoms with van der Waals surface area (Å²) in [7, 11) is 0. The molecule has 0 fully saturated rings. The van der Waals surface area contributed by atoms with Gasteiger partial charge in [-0.05, 0) is 60.7 Å². The summed E-state index contributed by atoms with van der Waals surface area (Å²) in [5, 5.41) is 12.6. The van der Waals surface area contributed by atoms with Gasteiger partial charge in [0.15, 0.2) is 6.61 Å². The Morgan fingerprint density at radius 3 is 2.42 bits per heavy atom.